The first-order valence-corrected chi connectivity index (χ1v) is 10.6. The third-order valence-electron chi connectivity index (χ3n) is 4.91. The van der Waals surface area contributed by atoms with Crippen LogP contribution in [-0.2, 0) is 12.0 Å². The molecule has 0 unspecified atom stereocenters. The van der Waals surface area contributed by atoms with E-state index in [0.29, 0.717) is 40.6 Å². The van der Waals surface area contributed by atoms with Crippen molar-refractivity contribution >= 4 is 47.2 Å². The van der Waals surface area contributed by atoms with Crippen LogP contribution in [0.5, 0.6) is 5.75 Å². The summed E-state index contributed by atoms with van der Waals surface area (Å²) in [5.74, 6) is 1.68. The molecule has 162 valence electrons. The number of rotatable bonds is 8. The van der Waals surface area contributed by atoms with Gasteiger partial charge in [-0.3, -0.25) is 0 Å². The highest BCUT2D eigenvalue weighted by atomic mass is 35.5. The second-order valence-electron chi connectivity index (χ2n) is 7.24. The predicted molar refractivity (Wildman–Crippen MR) is 127 cm³/mol. The van der Waals surface area contributed by atoms with E-state index in [9.17, 15) is 0 Å². The van der Waals surface area contributed by atoms with Crippen molar-refractivity contribution in [1.29, 1.82) is 0 Å². The fraction of sp³-hybridized carbons (Fsp3) is 0.318. The molecule has 2 aromatic carbocycles. The van der Waals surface area contributed by atoms with Crippen LogP contribution < -0.4 is 10.5 Å². The van der Waals surface area contributed by atoms with Gasteiger partial charge in [0.2, 0.25) is 0 Å². The summed E-state index contributed by atoms with van der Waals surface area (Å²) >= 11 is 18.6. The normalized spacial score (nSPS) is 11.3. The van der Waals surface area contributed by atoms with Gasteiger partial charge in [0.05, 0.1) is 23.2 Å². The smallest absolute Gasteiger partial charge is 0.156 e. The molecule has 8 heteroatoms. The van der Waals surface area contributed by atoms with Crippen molar-refractivity contribution in [3.63, 3.8) is 0 Å². The Bertz CT molecular complexity index is 949. The summed E-state index contributed by atoms with van der Waals surface area (Å²) in [5, 5.41) is 5.04. The summed E-state index contributed by atoms with van der Waals surface area (Å²) in [4.78, 5) is 0. The van der Waals surface area contributed by atoms with Gasteiger partial charge in [-0.15, -0.1) is 24.0 Å². The van der Waals surface area contributed by atoms with E-state index in [0.717, 1.165) is 28.8 Å². The van der Waals surface area contributed by atoms with E-state index < -0.39 is 0 Å². The lowest BCUT2D eigenvalue weighted by atomic mass is 9.78. The Morgan fingerprint density at radius 1 is 1.03 bits per heavy atom. The van der Waals surface area contributed by atoms with Gasteiger partial charge >= 0.3 is 0 Å². The van der Waals surface area contributed by atoms with Crippen LogP contribution in [0, 0.1) is 0 Å². The molecule has 0 spiro atoms. The number of hydrogen-bond donors (Lipinski definition) is 1. The number of nitrogens with two attached hydrogens (primary N) is 1. The molecular weight excluding hydrogens is 466 g/mol. The molecular formula is C22H24Cl4N2O2. The van der Waals surface area contributed by atoms with E-state index in [1.807, 2.05) is 30.3 Å². The van der Waals surface area contributed by atoms with Crippen LogP contribution in [0.3, 0.4) is 0 Å². The predicted octanol–water partition coefficient (Wildman–Crippen LogP) is 6.86. The molecule has 0 aliphatic carbocycles. The highest BCUT2D eigenvalue weighted by Gasteiger charge is 2.25. The van der Waals surface area contributed by atoms with E-state index in [-0.39, 0.29) is 17.8 Å². The number of halogens is 4. The Labute approximate surface area is 198 Å². The van der Waals surface area contributed by atoms with Gasteiger partial charge in [-0.2, -0.15) is 0 Å². The van der Waals surface area contributed by atoms with Gasteiger partial charge in [0.15, 0.2) is 11.5 Å². The zero-order valence-electron chi connectivity index (χ0n) is 16.8. The Kier molecular flexibility index (Phi) is 8.89. The third kappa shape index (κ3) is 5.43. The molecule has 0 amide bonds. The molecule has 2 N–H and O–H groups in total. The quantitative estimate of drug-likeness (QED) is 0.277. The lowest BCUT2D eigenvalue weighted by Gasteiger charge is -2.27. The van der Waals surface area contributed by atoms with Crippen molar-refractivity contribution in [2.75, 3.05) is 12.5 Å². The second kappa shape index (κ2) is 10.7. The van der Waals surface area contributed by atoms with E-state index in [2.05, 4.69) is 31.1 Å². The monoisotopic (exact) mass is 488 g/mol. The molecule has 1 aromatic heterocycles. The maximum Gasteiger partial charge on any atom is 0.156 e. The Morgan fingerprint density at radius 3 is 2.20 bits per heavy atom. The topological polar surface area (TPSA) is 61.3 Å². The summed E-state index contributed by atoms with van der Waals surface area (Å²) in [5.41, 5.74) is 9.12. The number of ether oxygens (including phenoxy) is 1. The average Bonchev–Trinajstić information content (AvgIpc) is 3.19. The van der Waals surface area contributed by atoms with Crippen LogP contribution in [0.1, 0.15) is 37.2 Å². The molecule has 0 bridgehead atoms. The maximum absolute atomic E-state index is 6.46. The lowest BCUT2D eigenvalue weighted by molar-refractivity contribution is 0.318. The van der Waals surface area contributed by atoms with Gasteiger partial charge in [-0.25, -0.2) is 0 Å². The van der Waals surface area contributed by atoms with Gasteiger partial charge < -0.3 is 15.0 Å². The number of benzene rings is 2. The summed E-state index contributed by atoms with van der Waals surface area (Å²) in [7, 11) is 0. The molecule has 0 aliphatic rings. The van der Waals surface area contributed by atoms with Crippen LogP contribution in [0.15, 0.2) is 47.0 Å². The molecule has 4 nitrogen and oxygen atoms in total. The van der Waals surface area contributed by atoms with Crippen molar-refractivity contribution in [3.05, 3.63) is 69.4 Å². The minimum atomic E-state index is -0.313. The minimum absolute atomic E-state index is 0. The zero-order chi connectivity index (χ0) is 21.0. The number of alkyl halides is 1. The number of aromatic nitrogens is 1. The lowest BCUT2D eigenvalue weighted by Crippen LogP contribution is -2.19. The molecule has 0 saturated carbocycles. The number of hydrogen-bond acceptors (Lipinski definition) is 4. The fourth-order valence-corrected chi connectivity index (χ4v) is 3.76. The van der Waals surface area contributed by atoms with E-state index in [1.165, 1.54) is 0 Å². The average molecular weight is 490 g/mol. The van der Waals surface area contributed by atoms with Gasteiger partial charge in [0, 0.05) is 22.9 Å². The van der Waals surface area contributed by atoms with Gasteiger partial charge in [-0.1, -0.05) is 66.5 Å². The fourth-order valence-electron chi connectivity index (χ4n) is 3.06. The first-order valence-electron chi connectivity index (χ1n) is 9.31. The van der Waals surface area contributed by atoms with E-state index in [1.54, 1.807) is 0 Å². The summed E-state index contributed by atoms with van der Waals surface area (Å²) in [6.07, 6.45) is 0.728. The van der Waals surface area contributed by atoms with Crippen LogP contribution in [-0.4, -0.2) is 17.6 Å². The molecule has 0 atom stereocenters. The molecule has 30 heavy (non-hydrogen) atoms. The van der Waals surface area contributed by atoms with E-state index in [4.69, 9.17) is 49.8 Å². The van der Waals surface area contributed by atoms with Crippen LogP contribution in [0.4, 0.5) is 0 Å². The third-order valence-corrected chi connectivity index (χ3v) is 5.74. The number of nitrogens with zero attached hydrogens (tertiary/aromatic N) is 1. The molecule has 0 radical (unpaired) electrons. The standard InChI is InChI=1S/C22H23Cl3N2O2.ClH/c1-22(2,16-10-18(24)21(19(25)11-16)28-9-3-8-23)15-6-4-14(5-7-15)20-12-17(13-26)29-27-20;/h4-7,10-12H,3,8-9,13,26H2,1-2H3;1H. The summed E-state index contributed by atoms with van der Waals surface area (Å²) in [6, 6.07) is 13.8. The van der Waals surface area contributed by atoms with Crippen molar-refractivity contribution in [2.45, 2.75) is 32.2 Å². The van der Waals surface area contributed by atoms with Gasteiger partial charge in [-0.05, 0) is 29.7 Å². The van der Waals surface area contributed by atoms with Crippen molar-refractivity contribution in [1.82, 2.24) is 5.16 Å². The van der Waals surface area contributed by atoms with Crippen LogP contribution >= 0.6 is 47.2 Å². The maximum atomic E-state index is 6.46. The van der Waals surface area contributed by atoms with Gasteiger partial charge in [0.1, 0.15) is 5.69 Å². The minimum Gasteiger partial charge on any atom is -0.490 e. The van der Waals surface area contributed by atoms with E-state index >= 15 is 0 Å². The second-order valence-corrected chi connectivity index (χ2v) is 8.44. The highest BCUT2D eigenvalue weighted by Crippen LogP contribution is 2.40. The Hall–Kier alpha value is -1.43. The highest BCUT2D eigenvalue weighted by molar-refractivity contribution is 6.37. The Balaban J connectivity index is 0.00000320. The first-order chi connectivity index (χ1) is 13.9. The molecule has 3 aromatic rings. The molecule has 0 aliphatic heterocycles. The van der Waals surface area contributed by atoms with Crippen molar-refractivity contribution in [2.24, 2.45) is 5.73 Å². The zero-order valence-corrected chi connectivity index (χ0v) is 19.8. The summed E-state index contributed by atoms with van der Waals surface area (Å²) < 4.78 is 10.9. The van der Waals surface area contributed by atoms with Crippen molar-refractivity contribution < 1.29 is 9.26 Å². The van der Waals surface area contributed by atoms with Crippen LogP contribution in [0.25, 0.3) is 11.3 Å². The molecule has 1 heterocycles. The molecule has 0 fully saturated rings. The first kappa shape index (κ1) is 24.8. The SMILES string of the molecule is CC(C)(c1ccc(-c2cc(CN)on2)cc1)c1cc(Cl)c(OCCCCl)c(Cl)c1.Cl. The largest absolute Gasteiger partial charge is 0.490 e. The Morgan fingerprint density at radius 2 is 1.67 bits per heavy atom. The van der Waals surface area contributed by atoms with Gasteiger partial charge in [0.25, 0.3) is 0 Å². The summed E-state index contributed by atoms with van der Waals surface area (Å²) in [6.45, 7) is 5.05. The van der Waals surface area contributed by atoms with Crippen LogP contribution in [0.2, 0.25) is 10.0 Å². The molecule has 0 saturated heterocycles. The van der Waals surface area contributed by atoms with Crippen molar-refractivity contribution in [3.8, 4) is 17.0 Å². The molecule has 3 rings (SSSR count).